The van der Waals surface area contributed by atoms with Gasteiger partial charge in [-0.3, -0.25) is 19.6 Å². The fourth-order valence-electron chi connectivity index (χ4n) is 4.21. The first-order valence-electron chi connectivity index (χ1n) is 13.6. The van der Waals surface area contributed by atoms with Crippen molar-refractivity contribution in [1.82, 2.24) is 20.6 Å². The van der Waals surface area contributed by atoms with Crippen LogP contribution in [0.25, 0.3) is 21.8 Å². The second-order valence-electron chi connectivity index (χ2n) is 12.3. The molecule has 4 aromatic rings. The highest BCUT2D eigenvalue weighted by atomic mass is 33.1. The van der Waals surface area contributed by atoms with Gasteiger partial charge in [0.2, 0.25) is 0 Å². The summed E-state index contributed by atoms with van der Waals surface area (Å²) in [5, 5.41) is 7.77. The molecule has 6 nitrogen and oxygen atoms in total. The van der Waals surface area contributed by atoms with Crippen molar-refractivity contribution in [2.45, 2.75) is 64.2 Å². The van der Waals surface area contributed by atoms with E-state index in [-0.39, 0.29) is 22.6 Å². The van der Waals surface area contributed by atoms with Crippen LogP contribution in [-0.4, -0.2) is 34.9 Å². The van der Waals surface area contributed by atoms with Gasteiger partial charge in [-0.25, -0.2) is 0 Å². The summed E-state index contributed by atoms with van der Waals surface area (Å²) >= 11 is 0. The zero-order chi connectivity index (χ0) is 28.9. The maximum absolute atomic E-state index is 13.0. The summed E-state index contributed by atoms with van der Waals surface area (Å²) in [6.07, 6.45) is 5.31. The maximum Gasteiger partial charge on any atom is 0.251 e. The first kappa shape index (κ1) is 29.9. The standard InChI is InChI=1S/C32H38N4O2S2/c1-31(2,3)15-19-35-29(37)23-11-13-25(27-21(23)9-7-17-33-27)39-40-26-14-12-24(22-10-8-18-34-28(22)26)30(38)36-20-16-32(4,5)6/h7-14,17-18H,15-16,19-20H2,1-6H3,(H,35,37)(H,36,38). The van der Waals surface area contributed by atoms with E-state index in [2.05, 4.69) is 62.1 Å². The fraction of sp³-hybridized carbons (Fsp3) is 0.375. The molecule has 4 rings (SSSR count). The summed E-state index contributed by atoms with van der Waals surface area (Å²) in [6.45, 7) is 14.2. The lowest BCUT2D eigenvalue weighted by molar-refractivity contribution is 0.0942. The number of amides is 2. The first-order chi connectivity index (χ1) is 18.9. The molecule has 0 aliphatic rings. The van der Waals surface area contributed by atoms with Gasteiger partial charge >= 0.3 is 0 Å². The van der Waals surface area contributed by atoms with Gasteiger partial charge in [-0.1, -0.05) is 75.3 Å². The van der Waals surface area contributed by atoms with Crippen molar-refractivity contribution in [3.05, 3.63) is 72.1 Å². The van der Waals surface area contributed by atoms with Crippen LogP contribution in [-0.2, 0) is 0 Å². The molecule has 0 unspecified atom stereocenters. The molecule has 210 valence electrons. The van der Waals surface area contributed by atoms with Gasteiger partial charge in [-0.2, -0.15) is 0 Å². The molecule has 0 bridgehead atoms. The topological polar surface area (TPSA) is 84.0 Å². The number of carbonyl (C=O) groups excluding carboxylic acids is 2. The highest BCUT2D eigenvalue weighted by molar-refractivity contribution is 8.76. The summed E-state index contributed by atoms with van der Waals surface area (Å²) in [5.74, 6) is -0.170. The maximum atomic E-state index is 13.0. The summed E-state index contributed by atoms with van der Waals surface area (Å²) in [6, 6.07) is 15.3. The summed E-state index contributed by atoms with van der Waals surface area (Å²) in [7, 11) is 3.14. The normalized spacial score (nSPS) is 12.1. The van der Waals surface area contributed by atoms with Crippen molar-refractivity contribution in [3.63, 3.8) is 0 Å². The Kier molecular flexibility index (Phi) is 9.41. The van der Waals surface area contributed by atoms with Crippen LogP contribution in [0.2, 0.25) is 0 Å². The van der Waals surface area contributed by atoms with Gasteiger partial charge in [0, 0.05) is 57.2 Å². The number of hydrogen-bond acceptors (Lipinski definition) is 6. The van der Waals surface area contributed by atoms with Crippen LogP contribution in [0.1, 0.15) is 75.1 Å². The molecule has 0 spiro atoms. The quantitative estimate of drug-likeness (QED) is 0.198. The fourth-order valence-corrected chi connectivity index (χ4v) is 6.46. The Morgan fingerprint density at radius 3 is 1.43 bits per heavy atom. The molecule has 0 aliphatic carbocycles. The van der Waals surface area contributed by atoms with Crippen LogP contribution in [0.3, 0.4) is 0 Å². The third kappa shape index (κ3) is 7.76. The predicted octanol–water partition coefficient (Wildman–Crippen LogP) is 7.91. The van der Waals surface area contributed by atoms with E-state index < -0.39 is 0 Å². The number of fused-ring (bicyclic) bond motifs is 2. The van der Waals surface area contributed by atoms with Gasteiger partial charge in [0.1, 0.15) is 0 Å². The number of pyridine rings is 2. The van der Waals surface area contributed by atoms with Crippen molar-refractivity contribution < 1.29 is 9.59 Å². The first-order valence-corrected chi connectivity index (χ1v) is 15.7. The molecule has 2 N–H and O–H groups in total. The molecule has 40 heavy (non-hydrogen) atoms. The second-order valence-corrected chi connectivity index (χ2v) is 14.5. The van der Waals surface area contributed by atoms with Crippen LogP contribution >= 0.6 is 21.6 Å². The van der Waals surface area contributed by atoms with E-state index in [1.165, 1.54) is 0 Å². The van der Waals surface area contributed by atoms with Crippen LogP contribution in [0, 0.1) is 10.8 Å². The van der Waals surface area contributed by atoms with E-state index >= 15 is 0 Å². The van der Waals surface area contributed by atoms with Gasteiger partial charge in [-0.05, 0) is 60.1 Å². The molecule has 8 heteroatoms. The number of aromatic nitrogens is 2. The third-order valence-electron chi connectivity index (χ3n) is 6.50. The summed E-state index contributed by atoms with van der Waals surface area (Å²) < 4.78 is 0. The number of rotatable bonds is 9. The van der Waals surface area contributed by atoms with Crippen LogP contribution < -0.4 is 10.6 Å². The minimum absolute atomic E-state index is 0.0852. The second kappa shape index (κ2) is 12.6. The SMILES string of the molecule is CC(C)(C)CCNC(=O)c1ccc(SSc2ccc(C(=O)NCCC(C)(C)C)c3cccnc23)c2ncccc12. The van der Waals surface area contributed by atoms with E-state index in [1.807, 2.05) is 48.5 Å². The van der Waals surface area contributed by atoms with Crippen molar-refractivity contribution in [2.24, 2.45) is 10.8 Å². The zero-order valence-corrected chi connectivity index (χ0v) is 25.8. The average Bonchev–Trinajstić information content (AvgIpc) is 2.90. The molecule has 2 amide bonds. The van der Waals surface area contributed by atoms with Crippen molar-refractivity contribution in [3.8, 4) is 0 Å². The molecule has 0 atom stereocenters. The van der Waals surface area contributed by atoms with E-state index in [1.54, 1.807) is 34.0 Å². The zero-order valence-electron chi connectivity index (χ0n) is 24.1. The molecule has 2 heterocycles. The van der Waals surface area contributed by atoms with E-state index in [4.69, 9.17) is 0 Å². The van der Waals surface area contributed by atoms with Crippen molar-refractivity contribution in [1.29, 1.82) is 0 Å². The lowest BCUT2D eigenvalue weighted by Crippen LogP contribution is -2.27. The molecule has 2 aromatic heterocycles. The van der Waals surface area contributed by atoms with E-state index in [9.17, 15) is 9.59 Å². The summed E-state index contributed by atoms with van der Waals surface area (Å²) in [5.41, 5.74) is 3.14. The number of benzene rings is 2. The van der Waals surface area contributed by atoms with E-state index in [0.29, 0.717) is 24.2 Å². The molecular formula is C32H38N4O2S2. The number of hydrogen-bond donors (Lipinski definition) is 2. The van der Waals surface area contributed by atoms with Gasteiger partial charge < -0.3 is 10.6 Å². The predicted molar refractivity (Wildman–Crippen MR) is 168 cm³/mol. The minimum Gasteiger partial charge on any atom is -0.352 e. The molecule has 2 aromatic carbocycles. The Morgan fingerprint density at radius 2 is 1.05 bits per heavy atom. The lowest BCUT2D eigenvalue weighted by Gasteiger charge is -2.18. The molecule has 0 saturated carbocycles. The minimum atomic E-state index is -0.0852. The van der Waals surface area contributed by atoms with Crippen molar-refractivity contribution in [2.75, 3.05) is 13.1 Å². The van der Waals surface area contributed by atoms with E-state index in [0.717, 1.165) is 44.4 Å². The third-order valence-corrected chi connectivity index (χ3v) is 8.93. The van der Waals surface area contributed by atoms with Gasteiger partial charge in [0.15, 0.2) is 0 Å². The molecule has 0 fully saturated rings. The number of nitrogens with one attached hydrogen (secondary N) is 2. The summed E-state index contributed by atoms with van der Waals surface area (Å²) in [4.78, 5) is 37.1. The van der Waals surface area contributed by atoms with Gasteiger partial charge in [-0.15, -0.1) is 0 Å². The smallest absolute Gasteiger partial charge is 0.251 e. The van der Waals surface area contributed by atoms with Gasteiger partial charge in [0.25, 0.3) is 11.8 Å². The Labute approximate surface area is 244 Å². The van der Waals surface area contributed by atoms with Gasteiger partial charge in [0.05, 0.1) is 11.0 Å². The average molecular weight is 575 g/mol. The Hall–Kier alpha value is -3.10. The monoisotopic (exact) mass is 574 g/mol. The molecule has 0 radical (unpaired) electrons. The van der Waals surface area contributed by atoms with Crippen LogP contribution in [0.5, 0.6) is 0 Å². The Bertz CT molecular complexity index is 1410. The molecule has 0 aliphatic heterocycles. The Morgan fingerprint density at radius 1 is 0.650 bits per heavy atom. The number of carbonyl (C=O) groups is 2. The molecule has 0 saturated heterocycles. The van der Waals surface area contributed by atoms with Crippen LogP contribution in [0.15, 0.2) is 70.7 Å². The highest BCUT2D eigenvalue weighted by Gasteiger charge is 2.18. The number of nitrogens with zero attached hydrogens (tertiary/aromatic N) is 2. The lowest BCUT2D eigenvalue weighted by atomic mass is 9.92. The van der Waals surface area contributed by atoms with Crippen LogP contribution in [0.4, 0.5) is 0 Å². The molecular weight excluding hydrogens is 537 g/mol. The largest absolute Gasteiger partial charge is 0.352 e. The highest BCUT2D eigenvalue weighted by Crippen LogP contribution is 2.43. The van der Waals surface area contributed by atoms with Crippen molar-refractivity contribution >= 4 is 55.2 Å². The Balaban J connectivity index is 1.53.